The number of nitrogens with zero attached hydrogens (tertiary/aromatic N) is 3. The third-order valence-electron chi connectivity index (χ3n) is 4.23. The normalized spacial score (nSPS) is 15.7. The van der Waals surface area contributed by atoms with Crippen LogP contribution in [-0.4, -0.2) is 47.0 Å². The molecule has 0 bridgehead atoms. The zero-order valence-electron chi connectivity index (χ0n) is 13.8. The smallest absolute Gasteiger partial charge is 0.355 e. The Morgan fingerprint density at radius 2 is 1.92 bits per heavy atom. The number of hydrogen-bond donors (Lipinski definition) is 1. The Labute approximate surface area is 147 Å². The quantitative estimate of drug-likeness (QED) is 0.884. The predicted molar refractivity (Wildman–Crippen MR) is 89.0 cm³/mol. The van der Waals surface area contributed by atoms with Crippen LogP contribution in [0.3, 0.4) is 0 Å². The molecule has 1 aliphatic rings. The van der Waals surface area contributed by atoms with Gasteiger partial charge in [0, 0.05) is 38.6 Å². The molecule has 2 aromatic heterocycles. The lowest BCUT2D eigenvalue weighted by Gasteiger charge is -2.23. The Bertz CT molecular complexity index is 833. The molecule has 1 amide bonds. The monoisotopic (exact) mass is 366 g/mol. The maximum absolute atomic E-state index is 12.6. The van der Waals surface area contributed by atoms with Crippen LogP contribution in [0.4, 0.5) is 19.0 Å². The number of hydrogen-bond acceptors (Lipinski definition) is 4. The van der Waals surface area contributed by atoms with Gasteiger partial charge in [-0.15, -0.1) is 0 Å². The lowest BCUT2D eigenvalue weighted by Crippen LogP contribution is -2.37. The number of anilines is 1. The van der Waals surface area contributed by atoms with E-state index in [9.17, 15) is 22.8 Å². The molecule has 138 valence electrons. The number of alkyl halides is 3. The standard InChI is InChI=1S/C17H17F3N4O2/c18-17(19,20)12-4-5-14(22-11-12)23-7-2-8-24(10-9-23)16(26)13-3-1-6-21-15(13)25/h1,3-6,11H,2,7-10H2,(H,21,25). The molecule has 2 aromatic rings. The van der Waals surface area contributed by atoms with Crippen molar-refractivity contribution in [2.75, 3.05) is 31.1 Å². The van der Waals surface area contributed by atoms with Crippen molar-refractivity contribution in [1.29, 1.82) is 0 Å². The average molecular weight is 366 g/mol. The van der Waals surface area contributed by atoms with Gasteiger partial charge in [0.25, 0.3) is 11.5 Å². The third kappa shape index (κ3) is 3.87. The van der Waals surface area contributed by atoms with E-state index in [-0.39, 0.29) is 11.5 Å². The first kappa shape index (κ1) is 18.0. The summed E-state index contributed by atoms with van der Waals surface area (Å²) in [7, 11) is 0. The second-order valence-corrected chi connectivity index (χ2v) is 5.95. The molecule has 1 saturated heterocycles. The second kappa shape index (κ2) is 7.19. The van der Waals surface area contributed by atoms with Crippen LogP contribution in [0, 0.1) is 0 Å². The Hall–Kier alpha value is -2.84. The lowest BCUT2D eigenvalue weighted by molar-refractivity contribution is -0.137. The maximum atomic E-state index is 12.6. The van der Waals surface area contributed by atoms with Crippen molar-refractivity contribution in [3.8, 4) is 0 Å². The van der Waals surface area contributed by atoms with Gasteiger partial charge in [-0.05, 0) is 30.7 Å². The lowest BCUT2D eigenvalue weighted by atomic mass is 10.2. The maximum Gasteiger partial charge on any atom is 0.417 e. The van der Waals surface area contributed by atoms with Crippen LogP contribution in [0.25, 0.3) is 0 Å². The van der Waals surface area contributed by atoms with Gasteiger partial charge in [-0.2, -0.15) is 13.2 Å². The summed E-state index contributed by atoms with van der Waals surface area (Å²) in [6.45, 7) is 1.81. The number of amides is 1. The molecule has 0 aliphatic carbocycles. The molecule has 3 rings (SSSR count). The summed E-state index contributed by atoms with van der Waals surface area (Å²) in [5, 5.41) is 0. The molecular weight excluding hydrogens is 349 g/mol. The summed E-state index contributed by atoms with van der Waals surface area (Å²) in [6.07, 6.45) is -1.53. The van der Waals surface area contributed by atoms with E-state index < -0.39 is 17.3 Å². The van der Waals surface area contributed by atoms with Gasteiger partial charge in [0.1, 0.15) is 11.4 Å². The molecule has 1 N–H and O–H groups in total. The number of halogens is 3. The van der Waals surface area contributed by atoms with Gasteiger partial charge in [-0.25, -0.2) is 4.98 Å². The van der Waals surface area contributed by atoms with Gasteiger partial charge in [-0.3, -0.25) is 9.59 Å². The van der Waals surface area contributed by atoms with E-state index in [0.29, 0.717) is 38.4 Å². The van der Waals surface area contributed by atoms with Gasteiger partial charge in [0.2, 0.25) is 0 Å². The summed E-state index contributed by atoms with van der Waals surface area (Å²) in [4.78, 5) is 34.1. The molecule has 0 saturated carbocycles. The average Bonchev–Trinajstić information content (AvgIpc) is 2.87. The highest BCUT2D eigenvalue weighted by atomic mass is 19.4. The molecule has 6 nitrogen and oxygen atoms in total. The van der Waals surface area contributed by atoms with Crippen LogP contribution < -0.4 is 10.5 Å². The highest BCUT2D eigenvalue weighted by molar-refractivity contribution is 5.93. The van der Waals surface area contributed by atoms with Crippen molar-refractivity contribution in [3.05, 3.63) is 58.1 Å². The molecule has 1 aliphatic heterocycles. The summed E-state index contributed by atoms with van der Waals surface area (Å²) >= 11 is 0. The molecule has 0 aromatic carbocycles. The fraction of sp³-hybridized carbons (Fsp3) is 0.353. The first-order valence-electron chi connectivity index (χ1n) is 8.11. The topological polar surface area (TPSA) is 69.3 Å². The van der Waals surface area contributed by atoms with Crippen molar-refractivity contribution in [2.24, 2.45) is 0 Å². The van der Waals surface area contributed by atoms with E-state index in [2.05, 4.69) is 9.97 Å². The van der Waals surface area contributed by atoms with Crippen LogP contribution in [0.2, 0.25) is 0 Å². The molecule has 3 heterocycles. The first-order chi connectivity index (χ1) is 12.4. The SMILES string of the molecule is O=C(c1ccc[nH]c1=O)N1CCCN(c2ccc(C(F)(F)F)cn2)CC1. The van der Waals surface area contributed by atoms with Crippen LogP contribution >= 0.6 is 0 Å². The van der Waals surface area contributed by atoms with Gasteiger partial charge in [0.05, 0.1) is 5.56 Å². The van der Waals surface area contributed by atoms with Gasteiger partial charge in [-0.1, -0.05) is 0 Å². The highest BCUT2D eigenvalue weighted by Crippen LogP contribution is 2.29. The first-order valence-corrected chi connectivity index (χ1v) is 8.11. The zero-order chi connectivity index (χ0) is 18.7. The Morgan fingerprint density at radius 3 is 2.58 bits per heavy atom. The molecule has 0 unspecified atom stereocenters. The zero-order valence-corrected chi connectivity index (χ0v) is 13.8. The molecule has 9 heteroatoms. The summed E-state index contributed by atoms with van der Waals surface area (Å²) < 4.78 is 37.9. The molecule has 26 heavy (non-hydrogen) atoms. The minimum Gasteiger partial charge on any atom is -0.355 e. The highest BCUT2D eigenvalue weighted by Gasteiger charge is 2.31. The number of rotatable bonds is 2. The molecule has 0 spiro atoms. The summed E-state index contributed by atoms with van der Waals surface area (Å²) in [5.41, 5.74) is -1.16. The van der Waals surface area contributed by atoms with Crippen molar-refractivity contribution >= 4 is 11.7 Å². The Morgan fingerprint density at radius 1 is 1.12 bits per heavy atom. The largest absolute Gasteiger partial charge is 0.417 e. The Balaban J connectivity index is 1.69. The number of aromatic amines is 1. The van der Waals surface area contributed by atoms with Gasteiger partial charge >= 0.3 is 6.18 Å². The number of H-pyrrole nitrogens is 1. The molecular formula is C17H17F3N4O2. The van der Waals surface area contributed by atoms with E-state index in [1.165, 1.54) is 18.3 Å². The van der Waals surface area contributed by atoms with Crippen LogP contribution in [0.5, 0.6) is 0 Å². The number of nitrogens with one attached hydrogen (secondary N) is 1. The number of aromatic nitrogens is 2. The fourth-order valence-electron chi connectivity index (χ4n) is 2.85. The second-order valence-electron chi connectivity index (χ2n) is 5.95. The molecule has 1 fully saturated rings. The molecule has 0 atom stereocenters. The van der Waals surface area contributed by atoms with E-state index in [1.807, 2.05) is 4.90 Å². The minimum absolute atomic E-state index is 0.0774. The minimum atomic E-state index is -4.42. The van der Waals surface area contributed by atoms with Crippen LogP contribution in [-0.2, 0) is 6.18 Å². The number of carbonyl (C=O) groups is 1. The van der Waals surface area contributed by atoms with Crippen molar-refractivity contribution < 1.29 is 18.0 Å². The van der Waals surface area contributed by atoms with Gasteiger partial charge in [0.15, 0.2) is 0 Å². The van der Waals surface area contributed by atoms with Crippen LogP contribution in [0.15, 0.2) is 41.5 Å². The van der Waals surface area contributed by atoms with E-state index in [4.69, 9.17) is 0 Å². The number of carbonyl (C=O) groups excluding carboxylic acids is 1. The predicted octanol–water partition coefficient (Wildman–Crippen LogP) is 2.14. The number of pyridine rings is 2. The molecule has 0 radical (unpaired) electrons. The van der Waals surface area contributed by atoms with Crippen molar-refractivity contribution in [3.63, 3.8) is 0 Å². The van der Waals surface area contributed by atoms with E-state index >= 15 is 0 Å². The van der Waals surface area contributed by atoms with E-state index in [0.717, 1.165) is 12.3 Å². The van der Waals surface area contributed by atoms with Crippen molar-refractivity contribution in [1.82, 2.24) is 14.9 Å². The van der Waals surface area contributed by atoms with Gasteiger partial charge < -0.3 is 14.8 Å². The Kier molecular flexibility index (Phi) is 4.97. The van der Waals surface area contributed by atoms with E-state index in [1.54, 1.807) is 11.0 Å². The third-order valence-corrected chi connectivity index (χ3v) is 4.23. The van der Waals surface area contributed by atoms with Crippen LogP contribution in [0.1, 0.15) is 22.3 Å². The fourth-order valence-corrected chi connectivity index (χ4v) is 2.85. The van der Waals surface area contributed by atoms with Crippen molar-refractivity contribution in [2.45, 2.75) is 12.6 Å². The summed E-state index contributed by atoms with van der Waals surface area (Å²) in [6, 6.07) is 5.40. The summed E-state index contributed by atoms with van der Waals surface area (Å²) in [5.74, 6) is 0.0823.